The molecule has 3 amide bonds. The number of imide groups is 1. The van der Waals surface area contributed by atoms with Gasteiger partial charge >= 0.3 is 0 Å². The number of nitrogens with one attached hydrogen (secondary N) is 1. The van der Waals surface area contributed by atoms with Crippen LogP contribution in [0.25, 0.3) is 10.2 Å². The maximum Gasteiger partial charge on any atom is 0.262 e. The zero-order valence-electron chi connectivity index (χ0n) is 13.8. The van der Waals surface area contributed by atoms with Crippen LogP contribution in [0.2, 0.25) is 10.0 Å². The van der Waals surface area contributed by atoms with Gasteiger partial charge in [0.25, 0.3) is 11.8 Å². The van der Waals surface area contributed by atoms with Crippen molar-refractivity contribution in [3.63, 3.8) is 0 Å². The summed E-state index contributed by atoms with van der Waals surface area (Å²) >= 11 is 13.2. The number of para-hydroxylation sites is 1. The molecule has 0 radical (unpaired) electrons. The smallest absolute Gasteiger partial charge is 0.262 e. The molecule has 0 spiro atoms. The number of hydrogen-bond donors (Lipinski definition) is 1. The van der Waals surface area contributed by atoms with E-state index in [1.54, 1.807) is 0 Å². The Bertz CT molecular complexity index is 1050. The van der Waals surface area contributed by atoms with Gasteiger partial charge in [-0.15, -0.1) is 0 Å². The molecule has 0 bridgehead atoms. The number of anilines is 1. The summed E-state index contributed by atoms with van der Waals surface area (Å²) in [6.45, 7) is 1.48. The number of rotatable bonds is 3. The van der Waals surface area contributed by atoms with Gasteiger partial charge < -0.3 is 5.32 Å². The molecule has 0 saturated heterocycles. The van der Waals surface area contributed by atoms with Crippen molar-refractivity contribution in [2.45, 2.75) is 13.0 Å². The number of benzene rings is 2. The largest absolute Gasteiger partial charge is 0.300 e. The summed E-state index contributed by atoms with van der Waals surface area (Å²) in [4.78, 5) is 43.1. The molecule has 136 valence electrons. The molecular weight excluding hydrogens is 409 g/mol. The molecule has 1 aliphatic heterocycles. The van der Waals surface area contributed by atoms with Crippen LogP contribution < -0.4 is 5.32 Å². The molecule has 1 aliphatic rings. The highest BCUT2D eigenvalue weighted by Gasteiger charge is 2.41. The minimum Gasteiger partial charge on any atom is -0.300 e. The van der Waals surface area contributed by atoms with Crippen LogP contribution in [0.3, 0.4) is 0 Å². The third-order valence-electron chi connectivity index (χ3n) is 4.25. The molecule has 2 aromatic carbocycles. The fourth-order valence-electron chi connectivity index (χ4n) is 2.86. The molecule has 6 nitrogen and oxygen atoms in total. The summed E-state index contributed by atoms with van der Waals surface area (Å²) in [7, 11) is 0. The second-order valence-electron chi connectivity index (χ2n) is 5.94. The normalized spacial score (nSPS) is 14.6. The number of halogens is 2. The van der Waals surface area contributed by atoms with Gasteiger partial charge in [0.1, 0.15) is 6.04 Å². The van der Waals surface area contributed by atoms with Crippen LogP contribution in [0, 0.1) is 0 Å². The van der Waals surface area contributed by atoms with Crippen LogP contribution >= 0.6 is 34.5 Å². The van der Waals surface area contributed by atoms with E-state index in [0.717, 1.165) is 15.1 Å². The van der Waals surface area contributed by atoms with Crippen molar-refractivity contribution in [3.8, 4) is 0 Å². The van der Waals surface area contributed by atoms with Gasteiger partial charge in [-0.3, -0.25) is 19.3 Å². The van der Waals surface area contributed by atoms with Gasteiger partial charge in [0.15, 0.2) is 5.13 Å². The molecule has 9 heteroatoms. The first-order valence-corrected chi connectivity index (χ1v) is 9.47. The highest BCUT2D eigenvalue weighted by atomic mass is 35.5. The number of thiazole rings is 1. The minimum atomic E-state index is -1.03. The first-order chi connectivity index (χ1) is 12.9. The molecule has 3 aromatic rings. The standard InChI is InChI=1S/C18H11Cl2N3O3S/c1-8(15(24)22-18-21-13-4-2-3-5-14(13)27-18)23-16(25)9-6-11(19)12(20)7-10(9)17(23)26/h2-8H,1H3,(H,21,22,24). The van der Waals surface area contributed by atoms with Crippen molar-refractivity contribution in [1.82, 2.24) is 9.88 Å². The number of nitrogens with zero attached hydrogens (tertiary/aromatic N) is 2. The van der Waals surface area contributed by atoms with E-state index in [2.05, 4.69) is 10.3 Å². The average molecular weight is 420 g/mol. The highest BCUT2D eigenvalue weighted by Crippen LogP contribution is 2.33. The summed E-state index contributed by atoms with van der Waals surface area (Å²) in [5.41, 5.74) is 1.03. The van der Waals surface area contributed by atoms with Crippen molar-refractivity contribution < 1.29 is 14.4 Å². The van der Waals surface area contributed by atoms with Crippen LogP contribution in [-0.2, 0) is 4.79 Å². The molecule has 1 unspecified atom stereocenters. The predicted octanol–water partition coefficient (Wildman–Crippen LogP) is 4.23. The minimum absolute atomic E-state index is 0.133. The van der Waals surface area contributed by atoms with E-state index < -0.39 is 23.8 Å². The predicted molar refractivity (Wildman–Crippen MR) is 105 cm³/mol. The van der Waals surface area contributed by atoms with Crippen LogP contribution in [0.1, 0.15) is 27.6 Å². The van der Waals surface area contributed by atoms with E-state index in [4.69, 9.17) is 23.2 Å². The Labute approximate surface area is 167 Å². The monoisotopic (exact) mass is 419 g/mol. The maximum absolute atomic E-state index is 12.6. The molecule has 0 aliphatic carbocycles. The van der Waals surface area contributed by atoms with Crippen LogP contribution in [0.4, 0.5) is 5.13 Å². The van der Waals surface area contributed by atoms with Crippen LogP contribution in [-0.4, -0.2) is 33.6 Å². The van der Waals surface area contributed by atoms with E-state index in [9.17, 15) is 14.4 Å². The van der Waals surface area contributed by atoms with Gasteiger partial charge in [0, 0.05) is 0 Å². The number of carbonyl (C=O) groups excluding carboxylic acids is 3. The third-order valence-corrected chi connectivity index (χ3v) is 5.92. The Kier molecular flexibility index (Phi) is 4.38. The molecule has 0 fully saturated rings. The first kappa shape index (κ1) is 17.9. The van der Waals surface area contributed by atoms with Gasteiger partial charge in [0.05, 0.1) is 31.4 Å². The second-order valence-corrected chi connectivity index (χ2v) is 7.79. The number of aromatic nitrogens is 1. The molecule has 0 saturated carbocycles. The summed E-state index contributed by atoms with van der Waals surface area (Å²) in [5, 5.41) is 3.41. The van der Waals surface area contributed by atoms with Crippen molar-refractivity contribution in [1.29, 1.82) is 0 Å². The van der Waals surface area contributed by atoms with Crippen molar-refractivity contribution >= 4 is 67.6 Å². The summed E-state index contributed by atoms with van der Waals surface area (Å²) in [5.74, 6) is -1.68. The first-order valence-electron chi connectivity index (χ1n) is 7.90. The zero-order chi connectivity index (χ0) is 19.3. The van der Waals surface area contributed by atoms with Gasteiger partial charge in [-0.1, -0.05) is 46.7 Å². The summed E-state index contributed by atoms with van der Waals surface area (Å²) in [6, 6.07) is 9.12. The molecule has 4 rings (SSSR count). The van der Waals surface area contributed by atoms with Gasteiger partial charge in [0.2, 0.25) is 5.91 Å². The lowest BCUT2D eigenvalue weighted by Gasteiger charge is -2.21. The Hall–Kier alpha value is -2.48. The van der Waals surface area contributed by atoms with Gasteiger partial charge in [-0.05, 0) is 31.2 Å². The molecule has 27 heavy (non-hydrogen) atoms. The molecule has 2 heterocycles. The molecular formula is C18H11Cl2N3O3S. The van der Waals surface area contributed by atoms with Crippen LogP contribution in [0.5, 0.6) is 0 Å². The Morgan fingerprint density at radius 2 is 1.70 bits per heavy atom. The van der Waals surface area contributed by atoms with Gasteiger partial charge in [-0.2, -0.15) is 0 Å². The molecule has 1 atom stereocenters. The Morgan fingerprint density at radius 1 is 1.11 bits per heavy atom. The number of hydrogen-bond acceptors (Lipinski definition) is 5. The van der Waals surface area contributed by atoms with Gasteiger partial charge in [-0.25, -0.2) is 4.98 Å². The fourth-order valence-corrected chi connectivity index (χ4v) is 4.05. The number of amides is 3. The second kappa shape index (κ2) is 6.60. The van der Waals surface area contributed by atoms with E-state index in [-0.39, 0.29) is 21.2 Å². The lowest BCUT2D eigenvalue weighted by Crippen LogP contribution is -2.45. The fraction of sp³-hybridized carbons (Fsp3) is 0.111. The van der Waals surface area contributed by atoms with Crippen LogP contribution in [0.15, 0.2) is 36.4 Å². The summed E-state index contributed by atoms with van der Waals surface area (Å²) in [6.07, 6.45) is 0. The van der Waals surface area contributed by atoms with E-state index >= 15 is 0 Å². The SMILES string of the molecule is CC(C(=O)Nc1nc2ccccc2s1)N1C(=O)c2cc(Cl)c(Cl)cc2C1=O. The Balaban J connectivity index is 1.58. The van der Waals surface area contributed by atoms with Crippen molar-refractivity contribution in [2.75, 3.05) is 5.32 Å². The Morgan fingerprint density at radius 3 is 2.30 bits per heavy atom. The lowest BCUT2D eigenvalue weighted by molar-refractivity contribution is -0.119. The quantitative estimate of drug-likeness (QED) is 0.644. The third kappa shape index (κ3) is 2.97. The van der Waals surface area contributed by atoms with E-state index in [1.807, 2.05) is 24.3 Å². The zero-order valence-corrected chi connectivity index (χ0v) is 16.2. The lowest BCUT2D eigenvalue weighted by atomic mass is 10.1. The topological polar surface area (TPSA) is 79.4 Å². The highest BCUT2D eigenvalue weighted by molar-refractivity contribution is 7.22. The maximum atomic E-state index is 12.6. The average Bonchev–Trinajstić information content (AvgIpc) is 3.14. The molecule has 1 aromatic heterocycles. The number of fused-ring (bicyclic) bond motifs is 2. The summed E-state index contributed by atoms with van der Waals surface area (Å²) < 4.78 is 0.922. The van der Waals surface area contributed by atoms with Crippen molar-refractivity contribution in [3.05, 3.63) is 57.6 Å². The van der Waals surface area contributed by atoms with Crippen molar-refractivity contribution in [2.24, 2.45) is 0 Å². The van der Waals surface area contributed by atoms with E-state index in [0.29, 0.717) is 5.13 Å². The number of carbonyl (C=O) groups is 3. The van der Waals surface area contributed by atoms with E-state index in [1.165, 1.54) is 30.4 Å². The molecule has 1 N–H and O–H groups in total.